The van der Waals surface area contributed by atoms with Crippen LogP contribution in [0.3, 0.4) is 0 Å². The second-order valence-electron chi connectivity index (χ2n) is 5.79. The topological polar surface area (TPSA) is 41.5 Å². The van der Waals surface area contributed by atoms with Crippen LogP contribution in [0.15, 0.2) is 65.3 Å². The van der Waals surface area contributed by atoms with E-state index in [0.717, 1.165) is 40.1 Å². The third-order valence-electron chi connectivity index (χ3n) is 4.36. The monoisotopic (exact) mass is 288 g/mol. The molecular weight excluding hydrogens is 272 g/mol. The third kappa shape index (κ3) is 1.90. The Morgan fingerprint density at radius 2 is 1.68 bits per heavy atom. The van der Waals surface area contributed by atoms with Gasteiger partial charge >= 0.3 is 0 Å². The second kappa shape index (κ2) is 4.95. The number of allylic oxidation sites excluding steroid dienone is 1. The van der Waals surface area contributed by atoms with Crippen LogP contribution in [0, 0.1) is 0 Å². The summed E-state index contributed by atoms with van der Waals surface area (Å²) in [5, 5.41) is 4.43. The van der Waals surface area contributed by atoms with Crippen LogP contribution in [0.4, 0.5) is 0 Å². The summed E-state index contributed by atoms with van der Waals surface area (Å²) in [6, 6.07) is 18.0. The fraction of sp³-hybridized carbons (Fsp3) is 0.158. The van der Waals surface area contributed by atoms with Crippen LogP contribution in [0.1, 0.15) is 40.7 Å². The highest BCUT2D eigenvalue weighted by Gasteiger charge is 2.36. The first-order valence-electron chi connectivity index (χ1n) is 7.48. The molecule has 3 heteroatoms. The lowest BCUT2D eigenvalue weighted by Gasteiger charge is -2.17. The van der Waals surface area contributed by atoms with E-state index in [1.54, 1.807) is 0 Å². The van der Waals surface area contributed by atoms with E-state index >= 15 is 0 Å². The normalized spacial score (nSPS) is 20.0. The van der Waals surface area contributed by atoms with Crippen LogP contribution in [0.2, 0.25) is 0 Å². The number of fused-ring (bicyclic) bond motifs is 2. The first kappa shape index (κ1) is 13.0. The van der Waals surface area contributed by atoms with Crippen molar-refractivity contribution in [3.05, 3.63) is 76.9 Å². The summed E-state index contributed by atoms with van der Waals surface area (Å²) in [7, 11) is 0. The van der Waals surface area contributed by atoms with Gasteiger partial charge in [0.15, 0.2) is 5.78 Å². The van der Waals surface area contributed by atoms with E-state index in [4.69, 9.17) is 0 Å². The van der Waals surface area contributed by atoms with Crippen molar-refractivity contribution in [1.29, 1.82) is 0 Å². The maximum atomic E-state index is 12.9. The molecule has 0 fully saturated rings. The molecule has 0 aromatic heterocycles. The van der Waals surface area contributed by atoms with Gasteiger partial charge in [0.1, 0.15) is 0 Å². The van der Waals surface area contributed by atoms with Gasteiger partial charge in [-0.1, -0.05) is 54.6 Å². The molecule has 0 saturated carbocycles. The number of hydrogen-bond acceptors (Lipinski definition) is 3. The molecule has 1 aliphatic heterocycles. The maximum Gasteiger partial charge on any atom is 0.192 e. The van der Waals surface area contributed by atoms with E-state index in [1.807, 2.05) is 49.4 Å². The van der Waals surface area contributed by atoms with Crippen molar-refractivity contribution in [2.24, 2.45) is 5.10 Å². The van der Waals surface area contributed by atoms with E-state index < -0.39 is 0 Å². The fourth-order valence-electron chi connectivity index (χ4n) is 3.32. The van der Waals surface area contributed by atoms with Gasteiger partial charge in [-0.3, -0.25) is 10.2 Å². The first-order chi connectivity index (χ1) is 10.8. The lowest BCUT2D eigenvalue weighted by atomic mass is 9.85. The number of benzene rings is 2. The average Bonchev–Trinajstić information content (AvgIpc) is 2.72. The minimum absolute atomic E-state index is 0.0508. The molecule has 2 aromatic rings. The van der Waals surface area contributed by atoms with E-state index in [-0.39, 0.29) is 11.7 Å². The van der Waals surface area contributed by atoms with Crippen LogP contribution in [0.25, 0.3) is 5.70 Å². The molecule has 108 valence electrons. The summed E-state index contributed by atoms with van der Waals surface area (Å²) in [6.07, 6.45) is 0.759. The van der Waals surface area contributed by atoms with Crippen LogP contribution in [0.5, 0.6) is 0 Å². The summed E-state index contributed by atoms with van der Waals surface area (Å²) in [5.74, 6) is 0.173. The van der Waals surface area contributed by atoms with E-state index in [2.05, 4.69) is 22.7 Å². The molecule has 3 nitrogen and oxygen atoms in total. The second-order valence-corrected chi connectivity index (χ2v) is 5.79. The Kier molecular flexibility index (Phi) is 2.93. The van der Waals surface area contributed by atoms with Crippen molar-refractivity contribution in [2.45, 2.75) is 19.3 Å². The van der Waals surface area contributed by atoms with Gasteiger partial charge in [-0.25, -0.2) is 0 Å². The van der Waals surface area contributed by atoms with Gasteiger partial charge in [-0.15, -0.1) is 0 Å². The summed E-state index contributed by atoms with van der Waals surface area (Å²) in [4.78, 5) is 12.9. The molecule has 1 unspecified atom stereocenters. The highest BCUT2D eigenvalue weighted by Crippen LogP contribution is 2.41. The standard InChI is InChI=1S/C19H16N2O/c1-12-11-16(13-7-3-2-4-8-13)17-18(21-20-12)14-9-5-6-10-15(14)19(17)22/h2-10,16,21H,11H2,1H3. The number of ketones is 1. The maximum absolute atomic E-state index is 12.9. The first-order valence-corrected chi connectivity index (χ1v) is 7.48. The zero-order chi connectivity index (χ0) is 15.1. The van der Waals surface area contributed by atoms with Crippen LogP contribution < -0.4 is 5.43 Å². The molecule has 0 spiro atoms. The SMILES string of the molecule is CC1=NNC2=C(C(=O)c3ccccc32)C(c2ccccc2)C1. The van der Waals surface area contributed by atoms with Gasteiger partial charge < -0.3 is 0 Å². The zero-order valence-electron chi connectivity index (χ0n) is 12.3. The molecule has 0 bridgehead atoms. The molecule has 1 atom stereocenters. The fourth-order valence-corrected chi connectivity index (χ4v) is 3.32. The molecule has 0 amide bonds. The Bertz CT molecular complexity index is 818. The number of Topliss-reactive ketones (excluding diaryl/α,β-unsaturated/α-hetero) is 1. The number of hydrazone groups is 1. The number of carbonyl (C=O) groups is 1. The predicted molar refractivity (Wildman–Crippen MR) is 87.7 cm³/mol. The minimum atomic E-state index is 0.0508. The van der Waals surface area contributed by atoms with E-state index in [1.165, 1.54) is 0 Å². The van der Waals surface area contributed by atoms with Crippen molar-refractivity contribution in [2.75, 3.05) is 0 Å². The summed E-state index contributed by atoms with van der Waals surface area (Å²) >= 11 is 0. The molecule has 1 heterocycles. The number of nitrogens with zero attached hydrogens (tertiary/aromatic N) is 1. The van der Waals surface area contributed by atoms with Crippen molar-refractivity contribution in [3.63, 3.8) is 0 Å². The molecule has 4 rings (SSSR count). The zero-order valence-corrected chi connectivity index (χ0v) is 12.3. The smallest absolute Gasteiger partial charge is 0.192 e. The lowest BCUT2D eigenvalue weighted by molar-refractivity contribution is 0.103. The molecule has 1 aliphatic carbocycles. The van der Waals surface area contributed by atoms with Crippen LogP contribution in [-0.4, -0.2) is 11.5 Å². The largest absolute Gasteiger partial charge is 0.289 e. The van der Waals surface area contributed by atoms with Gasteiger partial charge in [0.05, 0.1) is 5.70 Å². The number of hydrogen-bond donors (Lipinski definition) is 1. The van der Waals surface area contributed by atoms with Gasteiger partial charge in [-0.2, -0.15) is 5.10 Å². The van der Waals surface area contributed by atoms with Crippen molar-refractivity contribution in [1.82, 2.24) is 5.43 Å². The van der Waals surface area contributed by atoms with E-state index in [9.17, 15) is 4.79 Å². The van der Waals surface area contributed by atoms with Crippen LogP contribution >= 0.6 is 0 Å². The summed E-state index contributed by atoms with van der Waals surface area (Å²) in [6.45, 7) is 2.00. The average molecular weight is 288 g/mol. The molecule has 2 aromatic carbocycles. The molecular formula is C19H16N2O. The summed E-state index contributed by atoms with van der Waals surface area (Å²) < 4.78 is 0. The van der Waals surface area contributed by atoms with Gasteiger partial charge in [-0.05, 0) is 18.9 Å². The quantitative estimate of drug-likeness (QED) is 0.868. The van der Waals surface area contributed by atoms with Gasteiger partial charge in [0, 0.05) is 28.3 Å². The predicted octanol–water partition coefficient (Wildman–Crippen LogP) is 3.75. The Hall–Kier alpha value is -2.68. The summed E-state index contributed by atoms with van der Waals surface area (Å²) in [5.41, 5.74) is 8.74. The van der Waals surface area contributed by atoms with Gasteiger partial charge in [0.25, 0.3) is 0 Å². The number of carbonyl (C=O) groups excluding carboxylic acids is 1. The van der Waals surface area contributed by atoms with Crippen molar-refractivity contribution < 1.29 is 4.79 Å². The Balaban J connectivity index is 1.92. The third-order valence-corrected chi connectivity index (χ3v) is 4.36. The number of nitrogens with one attached hydrogen (secondary N) is 1. The highest BCUT2D eigenvalue weighted by atomic mass is 16.1. The Morgan fingerprint density at radius 1 is 1.00 bits per heavy atom. The lowest BCUT2D eigenvalue weighted by Crippen LogP contribution is -2.12. The molecule has 0 radical (unpaired) electrons. The van der Waals surface area contributed by atoms with Crippen molar-refractivity contribution in [3.8, 4) is 0 Å². The molecule has 0 saturated heterocycles. The Morgan fingerprint density at radius 3 is 2.45 bits per heavy atom. The van der Waals surface area contributed by atoms with Crippen LogP contribution in [-0.2, 0) is 0 Å². The van der Waals surface area contributed by atoms with E-state index in [0.29, 0.717) is 0 Å². The Labute approximate surface area is 129 Å². The number of rotatable bonds is 1. The van der Waals surface area contributed by atoms with Gasteiger partial charge in [0.2, 0.25) is 0 Å². The van der Waals surface area contributed by atoms with Crippen molar-refractivity contribution >= 4 is 17.2 Å². The molecule has 2 aliphatic rings. The molecule has 22 heavy (non-hydrogen) atoms. The highest BCUT2D eigenvalue weighted by molar-refractivity contribution is 6.21. The minimum Gasteiger partial charge on any atom is -0.289 e. The molecule has 1 N–H and O–H groups in total.